The molecule has 0 radical (unpaired) electrons. The standard InChI is InChI=1S/C28H30ClF3N2O4S/c29-24-12-22(33-39(37,38)23-5-2-21(3-6-23)28(30,31)32)4-1-17(24)11-18-7-8-34(26(18)35)25-19-9-16-10-20(25)15-27(36,13-16)14-19/h1-6,12,16,18-20,25,33,36H,7-11,13-15H2. The zero-order chi connectivity index (χ0) is 27.7. The number of nitrogens with zero attached hydrogens (tertiary/aromatic N) is 1. The van der Waals surface area contributed by atoms with Crippen LogP contribution in [0.2, 0.25) is 5.02 Å². The normalized spacial score (nSPS) is 32.2. The van der Waals surface area contributed by atoms with Crippen LogP contribution in [0.1, 0.15) is 49.7 Å². The molecule has 1 amide bonds. The molecule has 6 nitrogen and oxygen atoms in total. The molecule has 3 unspecified atom stereocenters. The Balaban J connectivity index is 1.11. The molecule has 39 heavy (non-hydrogen) atoms. The SMILES string of the molecule is O=C1C(Cc2ccc(NS(=O)(=O)c3ccc(C(F)(F)F)cc3)cc2Cl)CCN1C1C2CC3CC1CC(O)(C3)C2. The van der Waals surface area contributed by atoms with Crippen LogP contribution >= 0.6 is 11.6 Å². The first-order valence-electron chi connectivity index (χ1n) is 13.3. The molecule has 7 rings (SSSR count). The van der Waals surface area contributed by atoms with E-state index < -0.39 is 27.4 Å². The molecule has 0 aromatic heterocycles. The lowest BCUT2D eigenvalue weighted by atomic mass is 9.52. The highest BCUT2D eigenvalue weighted by atomic mass is 35.5. The van der Waals surface area contributed by atoms with Crippen LogP contribution in [0.5, 0.6) is 0 Å². The summed E-state index contributed by atoms with van der Waals surface area (Å²) in [4.78, 5) is 15.2. The van der Waals surface area contributed by atoms with Gasteiger partial charge in [0.2, 0.25) is 5.91 Å². The second kappa shape index (κ2) is 9.38. The van der Waals surface area contributed by atoms with Crippen LogP contribution in [0.25, 0.3) is 0 Å². The lowest BCUT2D eigenvalue weighted by Crippen LogP contribution is -2.62. The summed E-state index contributed by atoms with van der Waals surface area (Å²) in [5.74, 6) is 1.22. The monoisotopic (exact) mass is 582 g/mol. The van der Waals surface area contributed by atoms with Crippen LogP contribution in [-0.2, 0) is 27.4 Å². The fraction of sp³-hybridized carbons (Fsp3) is 0.536. The van der Waals surface area contributed by atoms with E-state index in [0.29, 0.717) is 35.7 Å². The highest BCUT2D eigenvalue weighted by molar-refractivity contribution is 7.92. The van der Waals surface area contributed by atoms with Gasteiger partial charge in [-0.25, -0.2) is 8.42 Å². The Labute approximate surface area is 230 Å². The second-order valence-electron chi connectivity index (χ2n) is 11.8. The molecule has 0 spiro atoms. The summed E-state index contributed by atoms with van der Waals surface area (Å²) < 4.78 is 66.1. The number of aliphatic hydroxyl groups is 1. The maximum atomic E-state index is 13.5. The number of anilines is 1. The highest BCUT2D eigenvalue weighted by Gasteiger charge is 2.57. The van der Waals surface area contributed by atoms with Crippen molar-refractivity contribution in [1.82, 2.24) is 4.90 Å². The molecule has 5 fully saturated rings. The van der Waals surface area contributed by atoms with Crippen molar-refractivity contribution in [2.24, 2.45) is 23.7 Å². The van der Waals surface area contributed by atoms with E-state index in [4.69, 9.17) is 11.6 Å². The molecule has 2 aromatic rings. The van der Waals surface area contributed by atoms with Gasteiger partial charge in [-0.15, -0.1) is 0 Å². The van der Waals surface area contributed by atoms with Crippen molar-refractivity contribution in [3.63, 3.8) is 0 Å². The molecular formula is C28H30ClF3N2O4S. The minimum atomic E-state index is -4.56. The Bertz CT molecular complexity index is 1380. The molecule has 4 bridgehead atoms. The first-order valence-corrected chi connectivity index (χ1v) is 15.2. The van der Waals surface area contributed by atoms with Crippen molar-refractivity contribution >= 4 is 33.2 Å². The molecule has 210 valence electrons. The number of nitrogens with one attached hydrogen (secondary N) is 1. The number of carbonyl (C=O) groups is 1. The van der Waals surface area contributed by atoms with E-state index in [2.05, 4.69) is 9.62 Å². The van der Waals surface area contributed by atoms with E-state index >= 15 is 0 Å². The highest BCUT2D eigenvalue weighted by Crippen LogP contribution is 2.57. The molecule has 1 saturated heterocycles. The van der Waals surface area contributed by atoms with Gasteiger partial charge in [0.25, 0.3) is 10.0 Å². The van der Waals surface area contributed by atoms with Gasteiger partial charge >= 0.3 is 6.18 Å². The largest absolute Gasteiger partial charge is 0.416 e. The number of halogens is 4. The smallest absolute Gasteiger partial charge is 0.390 e. The lowest BCUT2D eigenvalue weighted by Gasteiger charge is -2.59. The average Bonchev–Trinajstić information content (AvgIpc) is 3.18. The summed E-state index contributed by atoms with van der Waals surface area (Å²) in [5, 5.41) is 11.2. The Morgan fingerprint density at radius 1 is 1.05 bits per heavy atom. The lowest BCUT2D eigenvalue weighted by molar-refractivity contribution is -0.168. The van der Waals surface area contributed by atoms with Gasteiger partial charge in [-0.05, 0) is 105 Å². The van der Waals surface area contributed by atoms with Gasteiger partial charge in [0.1, 0.15) is 0 Å². The summed E-state index contributed by atoms with van der Waals surface area (Å²) in [6, 6.07) is 8.13. The first-order chi connectivity index (χ1) is 18.3. The number of benzene rings is 2. The van der Waals surface area contributed by atoms with Gasteiger partial charge in [0.15, 0.2) is 0 Å². The third kappa shape index (κ3) is 5.04. The van der Waals surface area contributed by atoms with Crippen LogP contribution in [0.3, 0.4) is 0 Å². The molecule has 11 heteroatoms. The predicted octanol–water partition coefficient (Wildman–Crippen LogP) is 5.49. The number of hydrogen-bond donors (Lipinski definition) is 2. The van der Waals surface area contributed by atoms with Crippen molar-refractivity contribution in [2.75, 3.05) is 11.3 Å². The average molecular weight is 583 g/mol. The summed E-state index contributed by atoms with van der Waals surface area (Å²) in [7, 11) is -4.12. The third-order valence-corrected chi connectivity index (χ3v) is 10.9. The number of sulfonamides is 1. The summed E-state index contributed by atoms with van der Waals surface area (Å²) >= 11 is 6.49. The predicted molar refractivity (Wildman–Crippen MR) is 140 cm³/mol. The van der Waals surface area contributed by atoms with Gasteiger partial charge in [0.05, 0.1) is 21.7 Å². The Kier molecular flexibility index (Phi) is 6.47. The Hall–Kier alpha value is -2.30. The Morgan fingerprint density at radius 2 is 1.72 bits per heavy atom. The zero-order valence-corrected chi connectivity index (χ0v) is 22.7. The van der Waals surface area contributed by atoms with Crippen molar-refractivity contribution in [1.29, 1.82) is 0 Å². The molecule has 2 N–H and O–H groups in total. The van der Waals surface area contributed by atoms with Crippen LogP contribution < -0.4 is 4.72 Å². The van der Waals surface area contributed by atoms with Gasteiger partial charge in [0, 0.05) is 23.5 Å². The van der Waals surface area contributed by atoms with Crippen LogP contribution in [-0.4, -0.2) is 42.5 Å². The topological polar surface area (TPSA) is 86.7 Å². The van der Waals surface area contributed by atoms with Crippen molar-refractivity contribution in [3.8, 4) is 0 Å². The summed E-state index contributed by atoms with van der Waals surface area (Å²) in [6.07, 6.45) is 1.26. The van der Waals surface area contributed by atoms with Gasteiger partial charge < -0.3 is 10.0 Å². The van der Waals surface area contributed by atoms with E-state index in [1.165, 1.54) is 6.07 Å². The first kappa shape index (κ1) is 26.9. The number of alkyl halides is 3. The number of hydrogen-bond acceptors (Lipinski definition) is 4. The molecule has 4 saturated carbocycles. The van der Waals surface area contributed by atoms with Crippen LogP contribution in [0.15, 0.2) is 47.4 Å². The third-order valence-electron chi connectivity index (χ3n) is 9.17. The molecule has 1 aliphatic heterocycles. The van der Waals surface area contributed by atoms with Crippen molar-refractivity contribution in [2.45, 2.75) is 67.7 Å². The van der Waals surface area contributed by atoms with E-state index in [1.54, 1.807) is 12.1 Å². The van der Waals surface area contributed by atoms with Crippen LogP contribution in [0, 0.1) is 23.7 Å². The van der Waals surface area contributed by atoms with Gasteiger partial charge in [-0.1, -0.05) is 17.7 Å². The minimum absolute atomic E-state index is 0.127. The minimum Gasteiger partial charge on any atom is -0.390 e. The molecule has 5 aliphatic rings. The quantitative estimate of drug-likeness (QED) is 0.472. The molecule has 4 aliphatic carbocycles. The molecule has 3 atom stereocenters. The summed E-state index contributed by atoms with van der Waals surface area (Å²) in [6.45, 7) is 0.701. The second-order valence-corrected chi connectivity index (χ2v) is 13.9. The number of carbonyl (C=O) groups excluding carboxylic acids is 1. The number of likely N-dealkylation sites (tertiary alicyclic amines) is 1. The fourth-order valence-electron chi connectivity index (χ4n) is 7.79. The molecule has 1 heterocycles. The van der Waals surface area contributed by atoms with E-state index in [-0.39, 0.29) is 28.4 Å². The zero-order valence-electron chi connectivity index (χ0n) is 21.1. The van der Waals surface area contributed by atoms with Crippen molar-refractivity contribution < 1.29 is 31.5 Å². The van der Waals surface area contributed by atoms with E-state index in [1.807, 2.05) is 0 Å². The number of rotatable bonds is 6. The molecule has 2 aromatic carbocycles. The maximum Gasteiger partial charge on any atom is 0.416 e. The van der Waals surface area contributed by atoms with Gasteiger partial charge in [-0.2, -0.15) is 13.2 Å². The maximum absolute atomic E-state index is 13.5. The van der Waals surface area contributed by atoms with Crippen LogP contribution in [0.4, 0.5) is 18.9 Å². The molecular weight excluding hydrogens is 553 g/mol. The van der Waals surface area contributed by atoms with E-state index in [9.17, 15) is 31.5 Å². The summed E-state index contributed by atoms with van der Waals surface area (Å²) in [5.41, 5.74) is -0.573. The number of amides is 1. The van der Waals surface area contributed by atoms with Gasteiger partial charge in [-0.3, -0.25) is 9.52 Å². The Morgan fingerprint density at radius 3 is 2.31 bits per heavy atom. The van der Waals surface area contributed by atoms with Crippen molar-refractivity contribution in [3.05, 3.63) is 58.6 Å². The fourth-order valence-corrected chi connectivity index (χ4v) is 9.10. The van der Waals surface area contributed by atoms with E-state index in [0.717, 1.165) is 68.4 Å².